The van der Waals surface area contributed by atoms with E-state index in [1.807, 2.05) is 43.3 Å². The van der Waals surface area contributed by atoms with Gasteiger partial charge < -0.3 is 10.2 Å². The van der Waals surface area contributed by atoms with Crippen LogP contribution in [0.5, 0.6) is 0 Å². The summed E-state index contributed by atoms with van der Waals surface area (Å²) < 4.78 is 0. The Hall–Kier alpha value is -2.13. The number of carbonyl (C=O) groups excluding carboxylic acids is 1. The second-order valence-corrected chi connectivity index (χ2v) is 5.23. The van der Waals surface area contributed by atoms with Crippen LogP contribution in [0.3, 0.4) is 0 Å². The number of amides is 1. The molecule has 0 aliphatic rings. The lowest BCUT2D eigenvalue weighted by atomic mass is 10.0. The quantitative estimate of drug-likeness (QED) is 0.923. The molecule has 0 atom stereocenters. The van der Waals surface area contributed by atoms with Crippen LogP contribution in [0.4, 0.5) is 5.69 Å². The molecule has 0 saturated carbocycles. The minimum absolute atomic E-state index is 0.00177. The molecule has 0 saturated heterocycles. The number of rotatable bonds is 4. The van der Waals surface area contributed by atoms with Crippen molar-refractivity contribution in [1.29, 1.82) is 0 Å². The van der Waals surface area contributed by atoms with Crippen LogP contribution in [0.15, 0.2) is 48.5 Å². The van der Waals surface area contributed by atoms with Crippen LogP contribution < -0.4 is 5.32 Å². The van der Waals surface area contributed by atoms with E-state index in [4.69, 9.17) is 0 Å². The molecular formula is C17H20N2O. The standard InChI is InChI=1S/C17H20N2O/c1-13-4-6-14(7-5-13)15-8-10-16(11-9-15)18-17(20)12-19(2)3/h4-11H,12H2,1-3H3,(H,18,20). The largest absolute Gasteiger partial charge is 0.325 e. The fourth-order valence-electron chi connectivity index (χ4n) is 1.98. The lowest BCUT2D eigenvalue weighted by molar-refractivity contribution is -0.116. The lowest BCUT2D eigenvalue weighted by Crippen LogP contribution is -2.26. The van der Waals surface area contributed by atoms with E-state index in [9.17, 15) is 4.79 Å². The summed E-state index contributed by atoms with van der Waals surface area (Å²) in [6, 6.07) is 16.3. The Labute approximate surface area is 120 Å². The molecule has 3 nitrogen and oxygen atoms in total. The predicted molar refractivity (Wildman–Crippen MR) is 83.8 cm³/mol. The van der Waals surface area contributed by atoms with E-state index in [0.29, 0.717) is 6.54 Å². The first-order valence-corrected chi connectivity index (χ1v) is 6.66. The zero-order chi connectivity index (χ0) is 14.5. The molecule has 0 radical (unpaired) electrons. The zero-order valence-corrected chi connectivity index (χ0v) is 12.2. The first-order chi connectivity index (χ1) is 9.54. The zero-order valence-electron chi connectivity index (χ0n) is 12.2. The van der Waals surface area contributed by atoms with Crippen LogP contribution in [0.2, 0.25) is 0 Å². The molecule has 0 unspecified atom stereocenters. The van der Waals surface area contributed by atoms with Crippen molar-refractivity contribution < 1.29 is 4.79 Å². The number of nitrogens with one attached hydrogen (secondary N) is 1. The summed E-state index contributed by atoms with van der Waals surface area (Å²) in [7, 11) is 3.75. The van der Waals surface area contributed by atoms with Gasteiger partial charge in [-0.05, 0) is 44.3 Å². The minimum Gasteiger partial charge on any atom is -0.325 e. The van der Waals surface area contributed by atoms with Crippen molar-refractivity contribution >= 4 is 11.6 Å². The first kappa shape index (κ1) is 14.3. The number of aryl methyl sites for hydroxylation is 1. The Morgan fingerprint density at radius 2 is 1.45 bits per heavy atom. The van der Waals surface area contributed by atoms with E-state index >= 15 is 0 Å². The molecule has 1 amide bonds. The van der Waals surface area contributed by atoms with Gasteiger partial charge in [0.05, 0.1) is 6.54 Å². The number of nitrogens with zero attached hydrogens (tertiary/aromatic N) is 1. The van der Waals surface area contributed by atoms with Crippen LogP contribution >= 0.6 is 0 Å². The van der Waals surface area contributed by atoms with E-state index in [2.05, 4.69) is 36.5 Å². The Morgan fingerprint density at radius 3 is 1.95 bits per heavy atom. The Kier molecular flexibility index (Phi) is 4.53. The van der Waals surface area contributed by atoms with Crippen molar-refractivity contribution in [2.45, 2.75) is 6.92 Å². The third-order valence-electron chi connectivity index (χ3n) is 3.01. The van der Waals surface area contributed by atoms with Gasteiger partial charge in [0.1, 0.15) is 0 Å². The molecule has 2 rings (SSSR count). The van der Waals surface area contributed by atoms with E-state index in [-0.39, 0.29) is 5.91 Å². The number of likely N-dealkylation sites (N-methyl/N-ethyl adjacent to an activating group) is 1. The summed E-state index contributed by atoms with van der Waals surface area (Å²) >= 11 is 0. The van der Waals surface area contributed by atoms with Gasteiger partial charge in [-0.3, -0.25) is 4.79 Å². The molecule has 0 aliphatic heterocycles. The van der Waals surface area contributed by atoms with Crippen LogP contribution in [0, 0.1) is 6.92 Å². The summed E-state index contributed by atoms with van der Waals surface area (Å²) in [5.74, 6) is -0.00177. The molecule has 3 heteroatoms. The number of anilines is 1. The summed E-state index contributed by atoms with van der Waals surface area (Å²) in [6.45, 7) is 2.47. The maximum atomic E-state index is 11.7. The number of hydrogen-bond donors (Lipinski definition) is 1. The van der Waals surface area contributed by atoms with Crippen molar-refractivity contribution in [3.05, 3.63) is 54.1 Å². The maximum absolute atomic E-state index is 11.7. The first-order valence-electron chi connectivity index (χ1n) is 6.66. The third kappa shape index (κ3) is 3.93. The number of hydrogen-bond acceptors (Lipinski definition) is 2. The van der Waals surface area contributed by atoms with Crippen molar-refractivity contribution in [3.63, 3.8) is 0 Å². The topological polar surface area (TPSA) is 32.3 Å². The Balaban J connectivity index is 2.06. The average molecular weight is 268 g/mol. The molecule has 0 aromatic heterocycles. The smallest absolute Gasteiger partial charge is 0.238 e. The molecule has 2 aromatic carbocycles. The summed E-state index contributed by atoms with van der Waals surface area (Å²) in [5.41, 5.74) is 4.41. The normalized spacial score (nSPS) is 10.6. The highest BCUT2D eigenvalue weighted by Crippen LogP contribution is 2.21. The summed E-state index contributed by atoms with van der Waals surface area (Å²) in [4.78, 5) is 13.5. The van der Waals surface area contributed by atoms with Crippen molar-refractivity contribution in [3.8, 4) is 11.1 Å². The van der Waals surface area contributed by atoms with E-state index in [1.165, 1.54) is 11.1 Å². The average Bonchev–Trinajstić information content (AvgIpc) is 2.39. The highest BCUT2D eigenvalue weighted by Gasteiger charge is 2.04. The van der Waals surface area contributed by atoms with Crippen LogP contribution in [0.1, 0.15) is 5.56 Å². The molecule has 0 aliphatic carbocycles. The van der Waals surface area contributed by atoms with E-state index in [0.717, 1.165) is 11.3 Å². The van der Waals surface area contributed by atoms with Gasteiger partial charge in [-0.25, -0.2) is 0 Å². The molecule has 0 bridgehead atoms. The molecule has 0 fully saturated rings. The summed E-state index contributed by atoms with van der Waals surface area (Å²) in [5, 5.41) is 2.88. The molecule has 0 spiro atoms. The third-order valence-corrected chi connectivity index (χ3v) is 3.01. The van der Waals surface area contributed by atoms with Crippen LogP contribution in [-0.2, 0) is 4.79 Å². The van der Waals surface area contributed by atoms with Gasteiger partial charge in [0.25, 0.3) is 0 Å². The number of benzene rings is 2. The van der Waals surface area contributed by atoms with Crippen LogP contribution in [-0.4, -0.2) is 31.4 Å². The van der Waals surface area contributed by atoms with Gasteiger partial charge in [-0.2, -0.15) is 0 Å². The molecule has 20 heavy (non-hydrogen) atoms. The SMILES string of the molecule is Cc1ccc(-c2ccc(NC(=O)CN(C)C)cc2)cc1. The second kappa shape index (κ2) is 6.35. The molecular weight excluding hydrogens is 248 g/mol. The molecule has 1 N–H and O–H groups in total. The maximum Gasteiger partial charge on any atom is 0.238 e. The second-order valence-electron chi connectivity index (χ2n) is 5.23. The number of carbonyl (C=O) groups is 1. The summed E-state index contributed by atoms with van der Waals surface area (Å²) in [6.07, 6.45) is 0. The monoisotopic (exact) mass is 268 g/mol. The molecule has 2 aromatic rings. The van der Waals surface area contributed by atoms with Gasteiger partial charge in [0, 0.05) is 5.69 Å². The predicted octanol–water partition coefficient (Wildman–Crippen LogP) is 3.16. The van der Waals surface area contributed by atoms with Crippen molar-refractivity contribution in [2.75, 3.05) is 26.0 Å². The van der Waals surface area contributed by atoms with Crippen LogP contribution in [0.25, 0.3) is 11.1 Å². The van der Waals surface area contributed by atoms with Gasteiger partial charge >= 0.3 is 0 Å². The fraction of sp³-hybridized carbons (Fsp3) is 0.235. The minimum atomic E-state index is -0.00177. The van der Waals surface area contributed by atoms with E-state index in [1.54, 1.807) is 0 Å². The molecule has 104 valence electrons. The van der Waals surface area contributed by atoms with Gasteiger partial charge in [-0.15, -0.1) is 0 Å². The van der Waals surface area contributed by atoms with Gasteiger partial charge in [0.2, 0.25) is 5.91 Å². The molecule has 0 heterocycles. The fourth-order valence-corrected chi connectivity index (χ4v) is 1.98. The highest BCUT2D eigenvalue weighted by atomic mass is 16.2. The van der Waals surface area contributed by atoms with E-state index < -0.39 is 0 Å². The highest BCUT2D eigenvalue weighted by molar-refractivity contribution is 5.92. The van der Waals surface area contributed by atoms with Gasteiger partial charge in [-0.1, -0.05) is 42.0 Å². The Bertz CT molecular complexity index is 571. The Morgan fingerprint density at radius 1 is 0.950 bits per heavy atom. The van der Waals surface area contributed by atoms with Gasteiger partial charge in [0.15, 0.2) is 0 Å². The van der Waals surface area contributed by atoms with Crippen molar-refractivity contribution in [2.24, 2.45) is 0 Å². The lowest BCUT2D eigenvalue weighted by Gasteiger charge is -2.10. The van der Waals surface area contributed by atoms with Crippen molar-refractivity contribution in [1.82, 2.24) is 4.90 Å².